The van der Waals surface area contributed by atoms with Crippen LogP contribution in [0.1, 0.15) is 16.8 Å². The molecular weight excluding hydrogens is 286 g/mol. The molecule has 2 heterocycles. The van der Waals surface area contributed by atoms with Gasteiger partial charge in [0.25, 0.3) is 5.69 Å². The molecule has 0 aliphatic carbocycles. The number of phenolic OH excluding ortho intramolecular Hbond substituents is 1. The highest BCUT2D eigenvalue weighted by atomic mass is 16.6. The van der Waals surface area contributed by atoms with E-state index in [1.54, 1.807) is 6.20 Å². The summed E-state index contributed by atoms with van der Waals surface area (Å²) in [6, 6.07) is 4.06. The third-order valence-electron chi connectivity index (χ3n) is 3.70. The maximum absolute atomic E-state index is 10.8. The fourth-order valence-electron chi connectivity index (χ4n) is 2.58. The number of anilines is 1. The van der Waals surface area contributed by atoms with Crippen molar-refractivity contribution in [1.29, 1.82) is 0 Å². The summed E-state index contributed by atoms with van der Waals surface area (Å²) < 4.78 is 0. The minimum absolute atomic E-state index is 0.0266. The molecule has 0 saturated carbocycles. The summed E-state index contributed by atoms with van der Waals surface area (Å²) in [5.74, 6) is 0.327. The van der Waals surface area contributed by atoms with E-state index >= 15 is 0 Å². The van der Waals surface area contributed by atoms with E-state index in [1.165, 1.54) is 18.2 Å². The predicted octanol–water partition coefficient (Wildman–Crippen LogP) is 1.23. The van der Waals surface area contributed by atoms with Gasteiger partial charge in [0, 0.05) is 55.5 Å². The van der Waals surface area contributed by atoms with E-state index in [0.717, 1.165) is 24.2 Å². The van der Waals surface area contributed by atoms with Crippen molar-refractivity contribution < 1.29 is 10.0 Å². The molecule has 0 unspecified atom stereocenters. The Morgan fingerprint density at radius 3 is 3.05 bits per heavy atom. The molecule has 0 amide bonds. The van der Waals surface area contributed by atoms with Crippen molar-refractivity contribution in [2.75, 3.05) is 12.3 Å². The number of fused-ring (bicyclic) bond motifs is 1. The van der Waals surface area contributed by atoms with Crippen molar-refractivity contribution in [1.82, 2.24) is 14.9 Å². The summed E-state index contributed by atoms with van der Waals surface area (Å²) in [7, 11) is 0. The Hall–Kier alpha value is -2.74. The normalized spacial score (nSPS) is 14.5. The molecule has 1 aromatic carbocycles. The first kappa shape index (κ1) is 14.2. The largest absolute Gasteiger partial charge is 0.508 e. The summed E-state index contributed by atoms with van der Waals surface area (Å²) in [5, 5.41) is 20.7. The lowest BCUT2D eigenvalue weighted by atomic mass is 10.1. The summed E-state index contributed by atoms with van der Waals surface area (Å²) in [6.45, 7) is 1.79. The molecule has 8 nitrogen and oxygen atoms in total. The van der Waals surface area contributed by atoms with E-state index in [1.807, 2.05) is 0 Å². The van der Waals surface area contributed by atoms with Crippen molar-refractivity contribution in [3.05, 3.63) is 51.3 Å². The quantitative estimate of drug-likeness (QED) is 0.646. The number of hydrogen-bond acceptors (Lipinski definition) is 7. The Morgan fingerprint density at radius 1 is 1.45 bits per heavy atom. The van der Waals surface area contributed by atoms with Crippen LogP contribution in [0.4, 0.5) is 11.6 Å². The summed E-state index contributed by atoms with van der Waals surface area (Å²) in [5.41, 5.74) is 8.01. The molecule has 3 rings (SSSR count). The van der Waals surface area contributed by atoms with Gasteiger partial charge in [-0.15, -0.1) is 0 Å². The van der Waals surface area contributed by atoms with Crippen molar-refractivity contribution >= 4 is 11.6 Å². The van der Waals surface area contributed by atoms with Crippen molar-refractivity contribution in [3.63, 3.8) is 0 Å². The molecule has 114 valence electrons. The fraction of sp³-hybridized carbons (Fsp3) is 0.286. The lowest BCUT2D eigenvalue weighted by Crippen LogP contribution is -2.31. The van der Waals surface area contributed by atoms with E-state index < -0.39 is 4.92 Å². The van der Waals surface area contributed by atoms with Gasteiger partial charge in [0.1, 0.15) is 5.75 Å². The van der Waals surface area contributed by atoms with Crippen LogP contribution in [0.3, 0.4) is 0 Å². The Bertz CT molecular complexity index is 734. The van der Waals surface area contributed by atoms with E-state index in [4.69, 9.17) is 5.73 Å². The van der Waals surface area contributed by atoms with Crippen LogP contribution in [0.15, 0.2) is 24.4 Å². The zero-order valence-electron chi connectivity index (χ0n) is 11.8. The highest BCUT2D eigenvalue weighted by molar-refractivity contribution is 5.43. The number of phenols is 1. The number of nitrogens with two attached hydrogens (primary N) is 1. The first-order chi connectivity index (χ1) is 10.5. The second kappa shape index (κ2) is 5.57. The number of non-ortho nitro benzene ring substituents is 1. The molecule has 0 bridgehead atoms. The lowest BCUT2D eigenvalue weighted by Gasteiger charge is -2.28. The van der Waals surface area contributed by atoms with Gasteiger partial charge < -0.3 is 10.8 Å². The van der Waals surface area contributed by atoms with Gasteiger partial charge in [-0.25, -0.2) is 9.97 Å². The number of aromatic hydroxyl groups is 1. The zero-order valence-corrected chi connectivity index (χ0v) is 11.8. The topological polar surface area (TPSA) is 118 Å². The number of nitro groups is 1. The molecule has 1 aromatic heterocycles. The third kappa shape index (κ3) is 2.82. The monoisotopic (exact) mass is 301 g/mol. The maximum Gasteiger partial charge on any atom is 0.270 e. The average Bonchev–Trinajstić information content (AvgIpc) is 2.49. The van der Waals surface area contributed by atoms with E-state index in [0.29, 0.717) is 18.7 Å². The minimum Gasteiger partial charge on any atom is -0.508 e. The number of aromatic nitrogens is 2. The highest BCUT2D eigenvalue weighted by Gasteiger charge is 2.20. The maximum atomic E-state index is 10.8. The van der Waals surface area contributed by atoms with Gasteiger partial charge in [-0.05, 0) is 6.07 Å². The summed E-state index contributed by atoms with van der Waals surface area (Å²) >= 11 is 0. The number of benzene rings is 1. The number of nitrogens with zero attached hydrogens (tertiary/aromatic N) is 4. The Labute approximate surface area is 126 Å². The number of nitro benzene ring substituents is 1. The first-order valence-electron chi connectivity index (χ1n) is 6.82. The molecule has 0 spiro atoms. The molecule has 1 aliphatic heterocycles. The molecule has 0 atom stereocenters. The fourth-order valence-corrected chi connectivity index (χ4v) is 2.58. The average molecular weight is 301 g/mol. The van der Waals surface area contributed by atoms with Gasteiger partial charge in [-0.3, -0.25) is 15.0 Å². The molecule has 2 aromatic rings. The van der Waals surface area contributed by atoms with Crippen molar-refractivity contribution in [2.45, 2.75) is 19.5 Å². The van der Waals surface area contributed by atoms with Crippen LogP contribution in [0.2, 0.25) is 0 Å². The molecule has 3 N–H and O–H groups in total. The van der Waals surface area contributed by atoms with Crippen LogP contribution in [-0.2, 0) is 19.5 Å². The van der Waals surface area contributed by atoms with Gasteiger partial charge >= 0.3 is 0 Å². The van der Waals surface area contributed by atoms with Crippen LogP contribution in [0.5, 0.6) is 5.75 Å². The van der Waals surface area contributed by atoms with Crippen LogP contribution < -0.4 is 5.73 Å². The van der Waals surface area contributed by atoms with Gasteiger partial charge in [0.05, 0.1) is 10.6 Å². The van der Waals surface area contributed by atoms with Gasteiger partial charge in [0.15, 0.2) is 0 Å². The molecule has 1 aliphatic rings. The Morgan fingerprint density at radius 2 is 2.27 bits per heavy atom. The molecule has 8 heteroatoms. The van der Waals surface area contributed by atoms with Crippen LogP contribution in [0.25, 0.3) is 0 Å². The van der Waals surface area contributed by atoms with E-state index in [-0.39, 0.29) is 17.4 Å². The Balaban J connectivity index is 1.79. The summed E-state index contributed by atoms with van der Waals surface area (Å²) in [6.07, 6.45) is 2.44. The van der Waals surface area contributed by atoms with Crippen LogP contribution >= 0.6 is 0 Å². The SMILES string of the molecule is Nc1ncc2c(n1)CCN(Cc1cc([N+](=O)[O-])ccc1O)C2. The van der Waals surface area contributed by atoms with Crippen LogP contribution in [0, 0.1) is 10.1 Å². The lowest BCUT2D eigenvalue weighted by molar-refractivity contribution is -0.385. The van der Waals surface area contributed by atoms with Crippen molar-refractivity contribution in [2.24, 2.45) is 0 Å². The highest BCUT2D eigenvalue weighted by Crippen LogP contribution is 2.26. The molecular formula is C14H15N5O3. The second-order valence-electron chi connectivity index (χ2n) is 5.23. The summed E-state index contributed by atoms with van der Waals surface area (Å²) in [4.78, 5) is 20.7. The molecule has 0 fully saturated rings. The molecule has 0 radical (unpaired) electrons. The van der Waals surface area contributed by atoms with Crippen molar-refractivity contribution in [3.8, 4) is 5.75 Å². The van der Waals surface area contributed by atoms with Crippen LogP contribution in [-0.4, -0.2) is 31.4 Å². The minimum atomic E-state index is -0.467. The number of rotatable bonds is 3. The van der Waals surface area contributed by atoms with E-state index in [2.05, 4.69) is 14.9 Å². The number of nitrogen functional groups attached to an aromatic ring is 1. The van der Waals surface area contributed by atoms with Gasteiger partial charge in [0.2, 0.25) is 5.95 Å². The Kier molecular flexibility index (Phi) is 3.60. The van der Waals surface area contributed by atoms with Gasteiger partial charge in [-0.1, -0.05) is 0 Å². The van der Waals surface area contributed by atoms with Gasteiger partial charge in [-0.2, -0.15) is 0 Å². The van der Waals surface area contributed by atoms with E-state index in [9.17, 15) is 15.2 Å². The molecule has 22 heavy (non-hydrogen) atoms. The second-order valence-corrected chi connectivity index (χ2v) is 5.23. The standard InChI is InChI=1S/C14H15N5O3/c15-14-16-6-10-8-18(4-3-12(10)17-14)7-9-5-11(19(21)22)1-2-13(9)20/h1-2,5-6,20H,3-4,7-8H2,(H2,15,16,17). The third-order valence-corrected chi connectivity index (χ3v) is 3.70. The number of hydrogen-bond donors (Lipinski definition) is 2. The predicted molar refractivity (Wildman–Crippen MR) is 79.0 cm³/mol. The molecule has 0 saturated heterocycles. The zero-order chi connectivity index (χ0) is 15.7. The smallest absolute Gasteiger partial charge is 0.270 e. The first-order valence-corrected chi connectivity index (χ1v) is 6.82.